The Bertz CT molecular complexity index is 518. The summed E-state index contributed by atoms with van der Waals surface area (Å²) >= 11 is 0. The Morgan fingerprint density at radius 1 is 1.20 bits per heavy atom. The van der Waals surface area contributed by atoms with Gasteiger partial charge in [-0.25, -0.2) is 0 Å². The zero-order valence-electron chi connectivity index (χ0n) is 12.8. The van der Waals surface area contributed by atoms with E-state index in [-0.39, 0.29) is 11.3 Å². The maximum Gasteiger partial charge on any atom is 0.241 e. The first-order valence-electron chi connectivity index (χ1n) is 6.66. The summed E-state index contributed by atoms with van der Waals surface area (Å²) in [5.41, 5.74) is 6.69. The second-order valence-corrected chi connectivity index (χ2v) is 6.65. The van der Waals surface area contributed by atoms with Gasteiger partial charge in [0.1, 0.15) is 0 Å². The number of carbonyl (C=O) groups is 1. The number of hydrogen-bond acceptors (Lipinski definition) is 3. The Balaban J connectivity index is 2.82. The van der Waals surface area contributed by atoms with Crippen LogP contribution in [0, 0.1) is 16.7 Å². The van der Waals surface area contributed by atoms with E-state index in [4.69, 9.17) is 11.0 Å². The third kappa shape index (κ3) is 3.82. The highest BCUT2D eigenvalue weighted by atomic mass is 16.2. The van der Waals surface area contributed by atoms with Crippen LogP contribution in [0.5, 0.6) is 0 Å². The SMILES string of the molecule is CC(C)(C#N)c1ccc(NC(=O)[C@@H](N)C(C)(C)C)cc1. The number of hydrogen-bond donors (Lipinski definition) is 2. The van der Waals surface area contributed by atoms with E-state index in [1.54, 1.807) is 12.1 Å². The summed E-state index contributed by atoms with van der Waals surface area (Å²) in [7, 11) is 0. The molecule has 0 aliphatic heterocycles. The first-order chi connectivity index (χ1) is 9.08. The minimum atomic E-state index is -0.572. The fourth-order valence-electron chi connectivity index (χ4n) is 1.65. The van der Waals surface area contributed by atoms with Crippen LogP contribution in [0.1, 0.15) is 40.2 Å². The van der Waals surface area contributed by atoms with E-state index < -0.39 is 11.5 Å². The molecule has 0 saturated heterocycles. The lowest BCUT2D eigenvalue weighted by atomic mass is 9.86. The summed E-state index contributed by atoms with van der Waals surface area (Å²) in [5.74, 6) is -0.204. The van der Waals surface area contributed by atoms with Crippen LogP contribution in [0.25, 0.3) is 0 Å². The Kier molecular flexibility index (Phi) is 4.57. The van der Waals surface area contributed by atoms with Crippen molar-refractivity contribution in [3.63, 3.8) is 0 Å². The summed E-state index contributed by atoms with van der Waals surface area (Å²) in [6, 6.07) is 8.96. The van der Waals surface area contributed by atoms with E-state index in [1.807, 2.05) is 46.8 Å². The molecule has 0 radical (unpaired) electrons. The summed E-state index contributed by atoms with van der Waals surface area (Å²) in [6.45, 7) is 9.49. The molecular formula is C16H23N3O. The predicted octanol–water partition coefficient (Wildman–Crippen LogP) is 2.80. The molecule has 0 aliphatic rings. The van der Waals surface area contributed by atoms with Gasteiger partial charge in [0.05, 0.1) is 17.5 Å². The smallest absolute Gasteiger partial charge is 0.241 e. The van der Waals surface area contributed by atoms with Crippen molar-refractivity contribution in [2.24, 2.45) is 11.1 Å². The van der Waals surface area contributed by atoms with Gasteiger partial charge in [-0.05, 0) is 37.0 Å². The number of carbonyl (C=O) groups excluding carboxylic acids is 1. The monoisotopic (exact) mass is 273 g/mol. The Labute approximate surface area is 121 Å². The van der Waals surface area contributed by atoms with Crippen molar-refractivity contribution in [1.82, 2.24) is 0 Å². The van der Waals surface area contributed by atoms with Crippen LogP contribution in [-0.2, 0) is 10.2 Å². The predicted molar refractivity (Wildman–Crippen MR) is 81.1 cm³/mol. The van der Waals surface area contributed by atoms with Crippen molar-refractivity contribution in [2.45, 2.75) is 46.1 Å². The number of amides is 1. The molecule has 0 spiro atoms. The zero-order valence-corrected chi connectivity index (χ0v) is 12.8. The van der Waals surface area contributed by atoms with Gasteiger partial charge in [-0.1, -0.05) is 32.9 Å². The van der Waals surface area contributed by atoms with Crippen LogP contribution in [0.15, 0.2) is 24.3 Å². The minimum absolute atomic E-state index is 0.204. The minimum Gasteiger partial charge on any atom is -0.325 e. The molecule has 4 heteroatoms. The van der Waals surface area contributed by atoms with Crippen molar-refractivity contribution in [3.8, 4) is 6.07 Å². The van der Waals surface area contributed by atoms with E-state index in [0.717, 1.165) is 5.56 Å². The topological polar surface area (TPSA) is 78.9 Å². The number of nitrogens with one attached hydrogen (secondary N) is 1. The number of nitrogens with zero attached hydrogens (tertiary/aromatic N) is 1. The average molecular weight is 273 g/mol. The molecule has 108 valence electrons. The van der Waals surface area contributed by atoms with Crippen LogP contribution in [-0.4, -0.2) is 11.9 Å². The standard InChI is InChI=1S/C16H23N3O/c1-15(2,3)13(18)14(20)19-12-8-6-11(7-9-12)16(4,5)10-17/h6-9,13H,18H2,1-5H3,(H,19,20)/t13-/m1/s1. The molecule has 0 aromatic heterocycles. The number of nitriles is 1. The number of benzene rings is 1. The molecule has 1 atom stereocenters. The molecule has 0 unspecified atom stereocenters. The van der Waals surface area contributed by atoms with E-state index >= 15 is 0 Å². The largest absolute Gasteiger partial charge is 0.325 e. The van der Waals surface area contributed by atoms with E-state index in [0.29, 0.717) is 5.69 Å². The van der Waals surface area contributed by atoms with Gasteiger partial charge in [-0.15, -0.1) is 0 Å². The van der Waals surface area contributed by atoms with Gasteiger partial charge in [-0.3, -0.25) is 4.79 Å². The van der Waals surface area contributed by atoms with Gasteiger partial charge < -0.3 is 11.1 Å². The highest BCUT2D eigenvalue weighted by Gasteiger charge is 2.27. The molecule has 1 amide bonds. The zero-order chi connectivity index (χ0) is 15.6. The fraction of sp³-hybridized carbons (Fsp3) is 0.500. The Hall–Kier alpha value is -1.86. The van der Waals surface area contributed by atoms with Crippen LogP contribution in [0.2, 0.25) is 0 Å². The lowest BCUT2D eigenvalue weighted by Crippen LogP contribution is -2.45. The van der Waals surface area contributed by atoms with Gasteiger partial charge in [0, 0.05) is 5.69 Å². The molecule has 20 heavy (non-hydrogen) atoms. The highest BCUT2D eigenvalue weighted by molar-refractivity contribution is 5.95. The summed E-state index contributed by atoms with van der Waals surface area (Å²) < 4.78 is 0. The molecule has 0 saturated carbocycles. The summed E-state index contributed by atoms with van der Waals surface area (Å²) in [6.07, 6.45) is 0. The van der Waals surface area contributed by atoms with Gasteiger partial charge in [-0.2, -0.15) is 5.26 Å². The van der Waals surface area contributed by atoms with Gasteiger partial charge in [0.25, 0.3) is 0 Å². The Morgan fingerprint density at radius 3 is 2.10 bits per heavy atom. The van der Waals surface area contributed by atoms with Crippen molar-refractivity contribution >= 4 is 11.6 Å². The maximum absolute atomic E-state index is 12.0. The molecule has 3 N–H and O–H groups in total. The van der Waals surface area contributed by atoms with Gasteiger partial charge in [0.15, 0.2) is 0 Å². The lowest BCUT2D eigenvalue weighted by Gasteiger charge is -2.26. The average Bonchev–Trinajstić information content (AvgIpc) is 2.37. The number of anilines is 1. The quantitative estimate of drug-likeness (QED) is 0.888. The van der Waals surface area contributed by atoms with Crippen molar-refractivity contribution in [1.29, 1.82) is 5.26 Å². The van der Waals surface area contributed by atoms with Crippen LogP contribution in [0.4, 0.5) is 5.69 Å². The normalized spacial score (nSPS) is 13.4. The number of rotatable bonds is 3. The molecule has 1 aromatic rings. The second-order valence-electron chi connectivity index (χ2n) is 6.65. The lowest BCUT2D eigenvalue weighted by molar-refractivity contribution is -0.119. The molecule has 0 heterocycles. The van der Waals surface area contributed by atoms with Gasteiger partial charge >= 0.3 is 0 Å². The first-order valence-corrected chi connectivity index (χ1v) is 6.66. The molecular weight excluding hydrogens is 250 g/mol. The Morgan fingerprint density at radius 2 is 1.70 bits per heavy atom. The maximum atomic E-state index is 12.0. The van der Waals surface area contributed by atoms with E-state index in [1.165, 1.54) is 0 Å². The molecule has 1 rings (SSSR count). The van der Waals surface area contributed by atoms with Crippen LogP contribution < -0.4 is 11.1 Å². The third-order valence-corrected chi connectivity index (χ3v) is 3.37. The van der Waals surface area contributed by atoms with Crippen molar-refractivity contribution in [2.75, 3.05) is 5.32 Å². The number of nitrogens with two attached hydrogens (primary N) is 1. The van der Waals surface area contributed by atoms with Crippen molar-refractivity contribution in [3.05, 3.63) is 29.8 Å². The molecule has 1 aromatic carbocycles. The van der Waals surface area contributed by atoms with Crippen molar-refractivity contribution < 1.29 is 4.79 Å². The van der Waals surface area contributed by atoms with E-state index in [2.05, 4.69) is 11.4 Å². The molecule has 0 fully saturated rings. The van der Waals surface area contributed by atoms with Gasteiger partial charge in [0.2, 0.25) is 5.91 Å². The first kappa shape index (κ1) is 16.2. The van der Waals surface area contributed by atoms with Crippen LogP contribution >= 0.6 is 0 Å². The second kappa shape index (κ2) is 5.64. The third-order valence-electron chi connectivity index (χ3n) is 3.37. The summed E-state index contributed by atoms with van der Waals surface area (Å²) in [4.78, 5) is 12.0. The molecule has 4 nitrogen and oxygen atoms in total. The highest BCUT2D eigenvalue weighted by Crippen LogP contribution is 2.24. The fourth-order valence-corrected chi connectivity index (χ4v) is 1.65. The van der Waals surface area contributed by atoms with Crippen LogP contribution in [0.3, 0.4) is 0 Å². The molecule has 0 bridgehead atoms. The summed E-state index contributed by atoms with van der Waals surface area (Å²) in [5, 5.41) is 11.9. The van der Waals surface area contributed by atoms with E-state index in [9.17, 15) is 4.79 Å². The molecule has 0 aliphatic carbocycles.